The van der Waals surface area contributed by atoms with E-state index in [1.54, 1.807) is 0 Å². The second kappa shape index (κ2) is 15.8. The van der Waals surface area contributed by atoms with Crippen molar-refractivity contribution in [2.75, 3.05) is 0 Å². The molecule has 0 rings (SSSR count). The van der Waals surface area contributed by atoms with Gasteiger partial charge in [0.2, 0.25) is 0 Å². The molecule has 0 spiro atoms. The molecule has 0 bridgehead atoms. The number of nitrogens with zero attached hydrogens (tertiary/aromatic N) is 1. The molecule has 7 heteroatoms. The van der Waals surface area contributed by atoms with Crippen molar-refractivity contribution in [1.82, 2.24) is 6.15 Å². The Labute approximate surface area is 78.0 Å². The first-order chi connectivity index (χ1) is 1.73. The van der Waals surface area contributed by atoms with Gasteiger partial charge in [-0.1, -0.05) is 0 Å². The molecule has 0 amide bonds. The molecule has 0 aliphatic carbocycles. The average Bonchev–Trinajstić information content (AvgIpc) is 0.811. The Balaban J connectivity index is -0.0000000150. The molecule has 7 heavy (non-hydrogen) atoms. The third kappa shape index (κ3) is 204. The van der Waals surface area contributed by atoms with Gasteiger partial charge in [0, 0.05) is 0 Å². The maximum atomic E-state index is 8.25. The van der Waals surface area contributed by atoms with Crippen molar-refractivity contribution in [3.63, 3.8) is 0 Å². The SMILES string of the molecule is N.O=[N+]([O-])[O-].[Ag+].[NaH]. The zero-order valence-electron chi connectivity index (χ0n) is 2.68. The monoisotopic (exact) mass is 210 g/mol. The Hall–Kier alpha value is 0.900. The molecular weight excluding hydrogens is 207 g/mol. The molecule has 0 fully saturated rings. The normalized spacial score (nSPS) is 3.43. The topological polar surface area (TPSA) is 101 Å². The predicted molar refractivity (Wildman–Crippen MR) is 22.5 cm³/mol. The summed E-state index contributed by atoms with van der Waals surface area (Å²) >= 11 is 0. The predicted octanol–water partition coefficient (Wildman–Crippen LogP) is -0.728. The van der Waals surface area contributed by atoms with Crippen LogP contribution in [0.5, 0.6) is 0 Å². The maximum absolute atomic E-state index is 8.25. The summed E-state index contributed by atoms with van der Waals surface area (Å²) in [4.78, 5) is 8.25. The van der Waals surface area contributed by atoms with Crippen LogP contribution in [0.1, 0.15) is 0 Å². The molecule has 0 unspecified atom stereocenters. The summed E-state index contributed by atoms with van der Waals surface area (Å²) in [6, 6.07) is 0. The molecule has 0 heterocycles. The van der Waals surface area contributed by atoms with Crippen molar-refractivity contribution >= 4 is 29.6 Å². The number of hydrogen-bond acceptors (Lipinski definition) is 4. The first-order valence-corrected chi connectivity index (χ1v) is 0.548. The first-order valence-electron chi connectivity index (χ1n) is 0.548. The van der Waals surface area contributed by atoms with Crippen molar-refractivity contribution in [1.29, 1.82) is 0 Å². The van der Waals surface area contributed by atoms with Gasteiger partial charge >= 0.3 is 51.9 Å². The summed E-state index contributed by atoms with van der Waals surface area (Å²) in [5.41, 5.74) is 0. The Kier molecular flexibility index (Phi) is 55.8. The Morgan fingerprint density at radius 2 is 1.29 bits per heavy atom. The van der Waals surface area contributed by atoms with Crippen molar-refractivity contribution in [2.24, 2.45) is 0 Å². The van der Waals surface area contributed by atoms with Crippen LogP contribution in [0.2, 0.25) is 0 Å². The third-order valence-electron chi connectivity index (χ3n) is 0. The molecule has 3 N–H and O–H groups in total. The number of hydrogen-bond donors (Lipinski definition) is 1. The van der Waals surface area contributed by atoms with E-state index in [2.05, 4.69) is 0 Å². The first kappa shape index (κ1) is 24.7. The van der Waals surface area contributed by atoms with Gasteiger partial charge in [-0.25, -0.2) is 0 Å². The van der Waals surface area contributed by atoms with E-state index in [0.29, 0.717) is 0 Å². The van der Waals surface area contributed by atoms with Crippen LogP contribution in [-0.2, 0) is 22.4 Å². The summed E-state index contributed by atoms with van der Waals surface area (Å²) < 4.78 is 0. The second-order valence-electron chi connectivity index (χ2n) is 0.224. The van der Waals surface area contributed by atoms with Crippen LogP contribution in [0.15, 0.2) is 0 Å². The molecule has 0 aliphatic heterocycles. The molecular formula is H4AgN2NaO3. The van der Waals surface area contributed by atoms with Crippen LogP contribution >= 0.6 is 0 Å². The Morgan fingerprint density at radius 3 is 1.29 bits per heavy atom. The zero-order chi connectivity index (χ0) is 3.58. The van der Waals surface area contributed by atoms with E-state index in [1.807, 2.05) is 0 Å². The van der Waals surface area contributed by atoms with Gasteiger partial charge in [0.25, 0.3) is 0 Å². The average molecular weight is 211 g/mol. The quantitative estimate of drug-likeness (QED) is 0.324. The second-order valence-corrected chi connectivity index (χ2v) is 0.224. The Bertz CT molecular complexity index is 35.9. The van der Waals surface area contributed by atoms with Crippen LogP contribution in [0.3, 0.4) is 0 Å². The van der Waals surface area contributed by atoms with Crippen LogP contribution < -0.4 is 6.15 Å². The van der Waals surface area contributed by atoms with Gasteiger partial charge in [0.15, 0.2) is 0 Å². The fourth-order valence-corrected chi connectivity index (χ4v) is 0. The summed E-state index contributed by atoms with van der Waals surface area (Å²) in [6.45, 7) is 0. The van der Waals surface area contributed by atoms with Gasteiger partial charge in [-0.3, -0.25) is 0 Å². The molecule has 5 nitrogen and oxygen atoms in total. The molecule has 0 saturated carbocycles. The van der Waals surface area contributed by atoms with Gasteiger partial charge in [-0.05, 0) is 0 Å². The van der Waals surface area contributed by atoms with E-state index in [-0.39, 0.29) is 58.1 Å². The van der Waals surface area contributed by atoms with Crippen molar-refractivity contribution in [3.8, 4) is 0 Å². The van der Waals surface area contributed by atoms with E-state index in [0.717, 1.165) is 0 Å². The van der Waals surface area contributed by atoms with Crippen LogP contribution in [-0.4, -0.2) is 34.6 Å². The van der Waals surface area contributed by atoms with E-state index in [9.17, 15) is 0 Å². The molecule has 0 aromatic rings. The van der Waals surface area contributed by atoms with Crippen molar-refractivity contribution in [3.05, 3.63) is 15.3 Å². The Morgan fingerprint density at radius 1 is 1.29 bits per heavy atom. The molecule has 44 valence electrons. The van der Waals surface area contributed by atoms with E-state index < -0.39 is 5.09 Å². The minimum absolute atomic E-state index is 0. The summed E-state index contributed by atoms with van der Waals surface area (Å²) in [6.07, 6.45) is 0. The van der Waals surface area contributed by atoms with Crippen LogP contribution in [0.25, 0.3) is 0 Å². The van der Waals surface area contributed by atoms with E-state index >= 15 is 0 Å². The summed E-state index contributed by atoms with van der Waals surface area (Å²) in [5.74, 6) is 0. The van der Waals surface area contributed by atoms with E-state index in [4.69, 9.17) is 15.3 Å². The van der Waals surface area contributed by atoms with Gasteiger partial charge in [0.05, 0.1) is 5.09 Å². The van der Waals surface area contributed by atoms with Gasteiger partial charge < -0.3 is 21.5 Å². The fourth-order valence-electron chi connectivity index (χ4n) is 0. The zero-order valence-corrected chi connectivity index (χ0v) is 4.16. The van der Waals surface area contributed by atoms with E-state index in [1.165, 1.54) is 0 Å². The van der Waals surface area contributed by atoms with Crippen molar-refractivity contribution in [2.45, 2.75) is 0 Å². The third-order valence-corrected chi connectivity index (χ3v) is 0. The molecule has 0 radical (unpaired) electrons. The van der Waals surface area contributed by atoms with Crippen LogP contribution in [0.4, 0.5) is 0 Å². The molecule has 0 aliphatic rings. The summed E-state index contributed by atoms with van der Waals surface area (Å²) in [5, 5.41) is 14.8. The standard InChI is InChI=1S/Ag.NO3.H3N.Na.H/c;2-1(3)4;;;/h;;1H3;;/q+1;-1;;;. The molecule has 0 aromatic heterocycles. The van der Waals surface area contributed by atoms with Crippen molar-refractivity contribution < 1.29 is 27.5 Å². The van der Waals surface area contributed by atoms with Crippen LogP contribution in [0, 0.1) is 15.3 Å². The fraction of sp³-hybridized carbons (Fsp3) is 0. The molecule has 0 atom stereocenters. The summed E-state index contributed by atoms with van der Waals surface area (Å²) in [7, 11) is 0. The van der Waals surface area contributed by atoms with Gasteiger partial charge in [-0.15, -0.1) is 0 Å². The number of rotatable bonds is 0. The molecule has 0 aromatic carbocycles. The van der Waals surface area contributed by atoms with Gasteiger partial charge in [-0.2, -0.15) is 0 Å². The molecule has 0 saturated heterocycles. The minimum atomic E-state index is -1.75. The van der Waals surface area contributed by atoms with Gasteiger partial charge in [0.1, 0.15) is 0 Å².